The summed E-state index contributed by atoms with van der Waals surface area (Å²) in [6, 6.07) is 18.1. The van der Waals surface area contributed by atoms with Crippen LogP contribution in [0.5, 0.6) is 0 Å². The highest BCUT2D eigenvalue weighted by Gasteiger charge is 2.09. The summed E-state index contributed by atoms with van der Waals surface area (Å²) in [6.45, 7) is 4.64. The van der Waals surface area contributed by atoms with Crippen LogP contribution in [0.15, 0.2) is 66.9 Å². The molecule has 1 amide bonds. The SMILES string of the molecule is Cc1cc(C=CC(=O)NCCc2nnc3ccccn23)c(C)n1-c1ccccc1. The van der Waals surface area contributed by atoms with Gasteiger partial charge in [0.2, 0.25) is 5.91 Å². The number of aromatic nitrogens is 4. The minimum Gasteiger partial charge on any atom is -0.352 e. The molecule has 29 heavy (non-hydrogen) atoms. The molecule has 0 bridgehead atoms. The largest absolute Gasteiger partial charge is 0.352 e. The number of nitrogens with one attached hydrogen (secondary N) is 1. The maximum atomic E-state index is 12.2. The average Bonchev–Trinajstić information content (AvgIpc) is 3.27. The fraction of sp³-hybridized carbons (Fsp3) is 0.174. The predicted molar refractivity (Wildman–Crippen MR) is 114 cm³/mol. The van der Waals surface area contributed by atoms with E-state index in [1.165, 1.54) is 0 Å². The van der Waals surface area contributed by atoms with Crippen molar-refractivity contribution in [1.29, 1.82) is 0 Å². The number of para-hydroxylation sites is 1. The normalized spacial score (nSPS) is 11.4. The quantitative estimate of drug-likeness (QED) is 0.517. The molecule has 0 radical (unpaired) electrons. The Balaban J connectivity index is 1.39. The van der Waals surface area contributed by atoms with Crippen molar-refractivity contribution < 1.29 is 4.79 Å². The molecule has 0 fully saturated rings. The van der Waals surface area contributed by atoms with Crippen LogP contribution in [0, 0.1) is 13.8 Å². The number of fused-ring (bicyclic) bond motifs is 1. The van der Waals surface area contributed by atoms with Gasteiger partial charge in [0.05, 0.1) is 0 Å². The molecule has 3 heterocycles. The number of hydrogen-bond donors (Lipinski definition) is 1. The van der Waals surface area contributed by atoms with Gasteiger partial charge in [0.15, 0.2) is 5.65 Å². The molecule has 1 N–H and O–H groups in total. The summed E-state index contributed by atoms with van der Waals surface area (Å²) in [7, 11) is 0. The zero-order chi connectivity index (χ0) is 20.2. The smallest absolute Gasteiger partial charge is 0.244 e. The minimum absolute atomic E-state index is 0.122. The Kier molecular flexibility index (Phi) is 5.24. The summed E-state index contributed by atoms with van der Waals surface area (Å²) in [5, 5.41) is 11.2. The molecule has 0 saturated heterocycles. The van der Waals surface area contributed by atoms with E-state index in [2.05, 4.69) is 52.1 Å². The van der Waals surface area contributed by atoms with E-state index in [0.717, 1.165) is 34.1 Å². The number of benzene rings is 1. The molecule has 6 heteroatoms. The molecular weight excluding hydrogens is 362 g/mol. The van der Waals surface area contributed by atoms with Crippen molar-refractivity contribution in [3.63, 3.8) is 0 Å². The Hall–Kier alpha value is -3.67. The summed E-state index contributed by atoms with van der Waals surface area (Å²) in [6.07, 6.45) is 5.99. The van der Waals surface area contributed by atoms with Crippen molar-refractivity contribution in [2.75, 3.05) is 6.54 Å². The topological polar surface area (TPSA) is 64.2 Å². The van der Waals surface area contributed by atoms with E-state index in [-0.39, 0.29) is 5.91 Å². The van der Waals surface area contributed by atoms with Gasteiger partial charge < -0.3 is 9.88 Å². The molecule has 1 aromatic carbocycles. The molecular formula is C23H23N5O. The van der Waals surface area contributed by atoms with Crippen molar-refractivity contribution >= 4 is 17.6 Å². The van der Waals surface area contributed by atoms with Crippen LogP contribution in [0.3, 0.4) is 0 Å². The Morgan fingerprint density at radius 2 is 1.86 bits per heavy atom. The standard InChI is InChI=1S/C23H23N5O/c1-17-16-19(18(2)28(17)20-8-4-3-5-9-20)11-12-23(29)24-14-13-22-26-25-21-10-6-7-15-27(21)22/h3-12,15-16H,13-14H2,1-2H3,(H,24,29). The number of carbonyl (C=O) groups excluding carboxylic acids is 1. The van der Waals surface area contributed by atoms with Crippen LogP contribution in [0.4, 0.5) is 0 Å². The van der Waals surface area contributed by atoms with Gasteiger partial charge in [-0.1, -0.05) is 24.3 Å². The van der Waals surface area contributed by atoms with E-state index in [1.54, 1.807) is 6.08 Å². The van der Waals surface area contributed by atoms with Gasteiger partial charge >= 0.3 is 0 Å². The summed E-state index contributed by atoms with van der Waals surface area (Å²) in [5.41, 5.74) is 5.19. The van der Waals surface area contributed by atoms with Crippen LogP contribution >= 0.6 is 0 Å². The fourth-order valence-electron chi connectivity index (χ4n) is 3.51. The van der Waals surface area contributed by atoms with E-state index in [1.807, 2.05) is 53.1 Å². The molecule has 0 aliphatic rings. The van der Waals surface area contributed by atoms with E-state index in [9.17, 15) is 4.79 Å². The van der Waals surface area contributed by atoms with E-state index in [0.29, 0.717) is 13.0 Å². The molecule has 0 saturated carbocycles. The zero-order valence-electron chi connectivity index (χ0n) is 16.5. The lowest BCUT2D eigenvalue weighted by molar-refractivity contribution is -0.116. The van der Waals surface area contributed by atoms with Crippen molar-refractivity contribution in [3.8, 4) is 5.69 Å². The van der Waals surface area contributed by atoms with Gasteiger partial charge in [-0.3, -0.25) is 9.20 Å². The van der Waals surface area contributed by atoms with Crippen LogP contribution in [0.2, 0.25) is 0 Å². The Morgan fingerprint density at radius 1 is 1.07 bits per heavy atom. The number of aryl methyl sites for hydroxylation is 1. The molecule has 6 nitrogen and oxygen atoms in total. The molecule has 0 unspecified atom stereocenters. The Bertz CT molecular complexity index is 1170. The highest BCUT2D eigenvalue weighted by Crippen LogP contribution is 2.21. The molecule has 0 aliphatic carbocycles. The van der Waals surface area contributed by atoms with Crippen LogP contribution in [0.1, 0.15) is 22.8 Å². The summed E-state index contributed by atoms with van der Waals surface area (Å²) < 4.78 is 4.12. The number of amides is 1. The van der Waals surface area contributed by atoms with E-state index >= 15 is 0 Å². The molecule has 0 atom stereocenters. The number of pyridine rings is 1. The second-order valence-electron chi connectivity index (χ2n) is 6.92. The first kappa shape index (κ1) is 18.7. The van der Waals surface area contributed by atoms with Gasteiger partial charge in [-0.2, -0.15) is 0 Å². The third-order valence-corrected chi connectivity index (χ3v) is 4.93. The molecule has 146 valence electrons. The first-order valence-electron chi connectivity index (χ1n) is 9.62. The van der Waals surface area contributed by atoms with Gasteiger partial charge in [-0.05, 0) is 55.8 Å². The lowest BCUT2D eigenvalue weighted by Gasteiger charge is -2.09. The second kappa shape index (κ2) is 8.14. The highest BCUT2D eigenvalue weighted by atomic mass is 16.1. The number of hydrogen-bond acceptors (Lipinski definition) is 3. The van der Waals surface area contributed by atoms with Crippen molar-refractivity contribution in [2.24, 2.45) is 0 Å². The first-order valence-corrected chi connectivity index (χ1v) is 9.62. The Labute approximate surface area is 169 Å². The maximum absolute atomic E-state index is 12.2. The first-order chi connectivity index (χ1) is 14.1. The molecule has 3 aromatic heterocycles. The van der Waals surface area contributed by atoms with E-state index in [4.69, 9.17) is 0 Å². The summed E-state index contributed by atoms with van der Waals surface area (Å²) in [4.78, 5) is 12.2. The van der Waals surface area contributed by atoms with Gasteiger partial charge in [0.25, 0.3) is 0 Å². The van der Waals surface area contributed by atoms with Crippen molar-refractivity contribution in [3.05, 3.63) is 89.6 Å². The third kappa shape index (κ3) is 3.96. The zero-order valence-corrected chi connectivity index (χ0v) is 16.5. The van der Waals surface area contributed by atoms with Crippen molar-refractivity contribution in [1.82, 2.24) is 24.5 Å². The second-order valence-corrected chi connectivity index (χ2v) is 6.92. The van der Waals surface area contributed by atoms with Gasteiger partial charge in [-0.25, -0.2) is 0 Å². The fourth-order valence-corrected chi connectivity index (χ4v) is 3.51. The Morgan fingerprint density at radius 3 is 2.69 bits per heavy atom. The molecule has 0 spiro atoms. The minimum atomic E-state index is -0.122. The average molecular weight is 385 g/mol. The number of carbonyl (C=O) groups is 1. The molecule has 0 aliphatic heterocycles. The van der Waals surface area contributed by atoms with E-state index < -0.39 is 0 Å². The van der Waals surface area contributed by atoms with Crippen LogP contribution < -0.4 is 5.32 Å². The van der Waals surface area contributed by atoms with Gasteiger partial charge in [-0.15, -0.1) is 10.2 Å². The summed E-state index contributed by atoms with van der Waals surface area (Å²) >= 11 is 0. The molecule has 4 rings (SSSR count). The van der Waals surface area contributed by atoms with Crippen LogP contribution in [-0.2, 0) is 11.2 Å². The molecule has 4 aromatic rings. The van der Waals surface area contributed by atoms with Gasteiger partial charge in [0.1, 0.15) is 5.82 Å². The third-order valence-electron chi connectivity index (χ3n) is 4.93. The van der Waals surface area contributed by atoms with Gasteiger partial charge in [0, 0.05) is 42.3 Å². The maximum Gasteiger partial charge on any atom is 0.244 e. The lowest BCUT2D eigenvalue weighted by Crippen LogP contribution is -2.24. The van der Waals surface area contributed by atoms with Crippen LogP contribution in [-0.4, -0.2) is 31.6 Å². The summed E-state index contributed by atoms with van der Waals surface area (Å²) in [5.74, 6) is 0.708. The highest BCUT2D eigenvalue weighted by molar-refractivity contribution is 5.91. The predicted octanol–water partition coefficient (Wildman–Crippen LogP) is 3.51. The monoisotopic (exact) mass is 385 g/mol. The lowest BCUT2D eigenvalue weighted by atomic mass is 10.2. The number of rotatable bonds is 6. The van der Waals surface area contributed by atoms with Crippen LogP contribution in [0.25, 0.3) is 17.4 Å². The number of nitrogens with zero attached hydrogens (tertiary/aromatic N) is 4. The van der Waals surface area contributed by atoms with Crippen molar-refractivity contribution in [2.45, 2.75) is 20.3 Å².